The standard InChI is InChI=1S/C22H34N4O4S/c23-31(28,29)19-6-7-21(25-12-14-30-15-13-25)20(16-19)22(27)26-10-8-24(9-11-26)17-18-4-2-1-3-5-18/h6-7,16,18H,1-5,8-15,17H2,(H2,23,28,29). The van der Waals surface area contributed by atoms with Crippen LogP contribution in [0.4, 0.5) is 5.69 Å². The van der Waals surface area contributed by atoms with E-state index in [4.69, 9.17) is 9.88 Å². The molecule has 0 bridgehead atoms. The Bertz CT molecular complexity index is 871. The normalized spacial score (nSPS) is 22.0. The SMILES string of the molecule is NS(=O)(=O)c1ccc(N2CCOCC2)c(C(=O)N2CCN(CC3CCCCC3)CC2)c1. The highest BCUT2D eigenvalue weighted by Gasteiger charge is 2.28. The molecular formula is C22H34N4O4S. The van der Waals surface area contributed by atoms with E-state index in [0.29, 0.717) is 45.0 Å². The molecule has 0 spiro atoms. The number of benzene rings is 1. The Morgan fingerprint density at radius 2 is 1.68 bits per heavy atom. The van der Waals surface area contributed by atoms with E-state index < -0.39 is 10.0 Å². The predicted octanol–water partition coefficient (Wildman–Crippen LogP) is 1.51. The van der Waals surface area contributed by atoms with E-state index in [1.807, 2.05) is 4.90 Å². The molecule has 0 atom stereocenters. The summed E-state index contributed by atoms with van der Waals surface area (Å²) in [5.74, 6) is 0.666. The van der Waals surface area contributed by atoms with Crippen molar-refractivity contribution in [3.8, 4) is 0 Å². The summed E-state index contributed by atoms with van der Waals surface area (Å²) < 4.78 is 29.3. The van der Waals surface area contributed by atoms with E-state index in [-0.39, 0.29) is 10.8 Å². The van der Waals surface area contributed by atoms with Crippen molar-refractivity contribution in [3.63, 3.8) is 0 Å². The molecule has 2 heterocycles. The molecule has 9 heteroatoms. The molecule has 3 aliphatic rings. The van der Waals surface area contributed by atoms with Crippen LogP contribution in [0.2, 0.25) is 0 Å². The number of amides is 1. The van der Waals surface area contributed by atoms with Crippen molar-refractivity contribution < 1.29 is 17.9 Å². The van der Waals surface area contributed by atoms with Crippen molar-refractivity contribution in [1.29, 1.82) is 0 Å². The van der Waals surface area contributed by atoms with Crippen LogP contribution in [0.15, 0.2) is 23.1 Å². The van der Waals surface area contributed by atoms with Crippen LogP contribution in [0.3, 0.4) is 0 Å². The summed E-state index contributed by atoms with van der Waals surface area (Å²) in [6.07, 6.45) is 6.69. The first-order chi connectivity index (χ1) is 14.9. The highest BCUT2D eigenvalue weighted by molar-refractivity contribution is 7.89. The number of carbonyl (C=O) groups excluding carboxylic acids is 1. The van der Waals surface area contributed by atoms with Crippen LogP contribution in [-0.4, -0.2) is 83.2 Å². The maximum Gasteiger partial charge on any atom is 0.256 e. The van der Waals surface area contributed by atoms with Crippen LogP contribution >= 0.6 is 0 Å². The van der Waals surface area contributed by atoms with Crippen molar-refractivity contribution in [2.24, 2.45) is 11.1 Å². The zero-order chi connectivity index (χ0) is 21.8. The summed E-state index contributed by atoms with van der Waals surface area (Å²) >= 11 is 0. The quantitative estimate of drug-likeness (QED) is 0.731. The van der Waals surface area contributed by atoms with Crippen LogP contribution in [0.5, 0.6) is 0 Å². The lowest BCUT2D eigenvalue weighted by Gasteiger charge is -2.38. The number of hydrogen-bond acceptors (Lipinski definition) is 6. The average molecular weight is 451 g/mol. The molecule has 8 nitrogen and oxygen atoms in total. The molecule has 4 rings (SSSR count). The summed E-state index contributed by atoms with van der Waals surface area (Å²) in [6.45, 7) is 6.69. The highest BCUT2D eigenvalue weighted by atomic mass is 32.2. The van der Waals surface area contributed by atoms with Gasteiger partial charge in [0.2, 0.25) is 10.0 Å². The van der Waals surface area contributed by atoms with Gasteiger partial charge in [-0.05, 0) is 37.0 Å². The molecule has 1 saturated carbocycles. The number of primary sulfonamides is 1. The van der Waals surface area contributed by atoms with Crippen molar-refractivity contribution in [1.82, 2.24) is 9.80 Å². The van der Waals surface area contributed by atoms with Gasteiger partial charge in [0, 0.05) is 51.5 Å². The first-order valence-electron chi connectivity index (χ1n) is 11.4. The number of carbonyl (C=O) groups is 1. The van der Waals surface area contributed by atoms with Crippen LogP contribution < -0.4 is 10.0 Å². The number of ether oxygens (including phenoxy) is 1. The fraction of sp³-hybridized carbons (Fsp3) is 0.682. The van der Waals surface area contributed by atoms with Gasteiger partial charge < -0.3 is 14.5 Å². The topological polar surface area (TPSA) is 96.2 Å². The van der Waals surface area contributed by atoms with E-state index in [1.54, 1.807) is 6.07 Å². The number of rotatable bonds is 5. The Hall–Kier alpha value is -1.68. The summed E-state index contributed by atoms with van der Waals surface area (Å²) in [7, 11) is -3.88. The summed E-state index contributed by atoms with van der Waals surface area (Å²) in [5, 5.41) is 5.35. The molecular weight excluding hydrogens is 416 g/mol. The second-order valence-corrected chi connectivity index (χ2v) is 10.5. The van der Waals surface area contributed by atoms with Crippen LogP contribution in [0.25, 0.3) is 0 Å². The van der Waals surface area contributed by atoms with E-state index in [2.05, 4.69) is 9.80 Å². The molecule has 1 aromatic rings. The Kier molecular flexibility index (Phi) is 7.15. The molecule has 0 unspecified atom stereocenters. The van der Waals surface area contributed by atoms with E-state index in [9.17, 15) is 13.2 Å². The molecule has 2 saturated heterocycles. The average Bonchev–Trinajstić information content (AvgIpc) is 2.79. The summed E-state index contributed by atoms with van der Waals surface area (Å²) in [4.78, 5) is 19.8. The van der Waals surface area contributed by atoms with Gasteiger partial charge in [-0.2, -0.15) is 0 Å². The Labute approximate surface area is 185 Å². The van der Waals surface area contributed by atoms with Crippen molar-refractivity contribution >= 4 is 21.6 Å². The summed E-state index contributed by atoms with van der Waals surface area (Å²) in [6, 6.07) is 4.63. The molecule has 3 fully saturated rings. The van der Waals surface area contributed by atoms with Gasteiger partial charge in [-0.1, -0.05) is 19.3 Å². The number of sulfonamides is 1. The highest BCUT2D eigenvalue weighted by Crippen LogP contribution is 2.28. The number of hydrogen-bond donors (Lipinski definition) is 1. The number of morpholine rings is 1. The molecule has 2 aliphatic heterocycles. The fourth-order valence-electron chi connectivity index (χ4n) is 4.98. The second kappa shape index (κ2) is 9.85. The van der Waals surface area contributed by atoms with Gasteiger partial charge >= 0.3 is 0 Å². The number of piperazine rings is 1. The number of nitrogens with two attached hydrogens (primary N) is 1. The first kappa shape index (κ1) is 22.5. The third-order valence-corrected chi connectivity index (χ3v) is 7.69. The molecule has 1 amide bonds. The molecule has 1 aromatic carbocycles. The molecule has 172 valence electrons. The van der Waals surface area contributed by atoms with E-state index >= 15 is 0 Å². The van der Waals surface area contributed by atoms with Gasteiger partial charge in [-0.15, -0.1) is 0 Å². The number of nitrogens with zero attached hydrogens (tertiary/aromatic N) is 3. The maximum atomic E-state index is 13.5. The monoisotopic (exact) mass is 450 g/mol. The van der Waals surface area contributed by atoms with Gasteiger partial charge in [0.1, 0.15) is 0 Å². The van der Waals surface area contributed by atoms with Crippen molar-refractivity contribution in [3.05, 3.63) is 23.8 Å². The van der Waals surface area contributed by atoms with Crippen LogP contribution in [-0.2, 0) is 14.8 Å². The maximum absolute atomic E-state index is 13.5. The summed E-state index contributed by atoms with van der Waals surface area (Å²) in [5.41, 5.74) is 1.17. The lowest BCUT2D eigenvalue weighted by molar-refractivity contribution is 0.0605. The largest absolute Gasteiger partial charge is 0.378 e. The second-order valence-electron chi connectivity index (χ2n) is 8.92. The molecule has 31 heavy (non-hydrogen) atoms. The third-order valence-electron chi connectivity index (χ3n) is 6.78. The lowest BCUT2D eigenvalue weighted by Crippen LogP contribution is -2.50. The molecule has 2 N–H and O–H groups in total. The Morgan fingerprint density at radius 3 is 2.32 bits per heavy atom. The lowest BCUT2D eigenvalue weighted by atomic mass is 9.89. The Morgan fingerprint density at radius 1 is 1.00 bits per heavy atom. The number of anilines is 1. The van der Waals surface area contributed by atoms with Crippen LogP contribution in [0, 0.1) is 5.92 Å². The molecule has 0 radical (unpaired) electrons. The van der Waals surface area contributed by atoms with Gasteiger partial charge in [-0.3, -0.25) is 9.69 Å². The molecule has 1 aliphatic carbocycles. The zero-order valence-electron chi connectivity index (χ0n) is 18.2. The minimum atomic E-state index is -3.88. The van der Waals surface area contributed by atoms with Crippen molar-refractivity contribution in [2.75, 3.05) is 63.9 Å². The van der Waals surface area contributed by atoms with E-state index in [0.717, 1.165) is 31.2 Å². The van der Waals surface area contributed by atoms with Gasteiger partial charge in [0.25, 0.3) is 5.91 Å². The van der Waals surface area contributed by atoms with Gasteiger partial charge in [0.15, 0.2) is 0 Å². The minimum Gasteiger partial charge on any atom is -0.378 e. The predicted molar refractivity (Wildman–Crippen MR) is 120 cm³/mol. The smallest absolute Gasteiger partial charge is 0.256 e. The zero-order valence-corrected chi connectivity index (χ0v) is 19.0. The van der Waals surface area contributed by atoms with Crippen molar-refractivity contribution in [2.45, 2.75) is 37.0 Å². The molecule has 0 aromatic heterocycles. The van der Waals surface area contributed by atoms with E-state index in [1.165, 1.54) is 44.2 Å². The minimum absolute atomic E-state index is 0.0243. The van der Waals surface area contributed by atoms with Gasteiger partial charge in [0.05, 0.1) is 23.7 Å². The Balaban J connectivity index is 1.47. The fourth-order valence-corrected chi connectivity index (χ4v) is 5.52. The first-order valence-corrected chi connectivity index (χ1v) is 13.0. The third kappa shape index (κ3) is 5.58. The van der Waals surface area contributed by atoms with Crippen LogP contribution in [0.1, 0.15) is 42.5 Å². The van der Waals surface area contributed by atoms with Gasteiger partial charge in [-0.25, -0.2) is 13.6 Å².